The number of nitrogens with one attached hydrogen (secondary N) is 2. The van der Waals surface area contributed by atoms with Crippen molar-refractivity contribution in [3.63, 3.8) is 0 Å². The summed E-state index contributed by atoms with van der Waals surface area (Å²) in [4.78, 5) is 23.1. The normalized spacial score (nSPS) is 10.4. The summed E-state index contributed by atoms with van der Waals surface area (Å²) in [6.07, 6.45) is 2.72. The molecule has 0 fully saturated rings. The van der Waals surface area contributed by atoms with E-state index in [-0.39, 0.29) is 12.4 Å². The second kappa shape index (κ2) is 8.83. The third kappa shape index (κ3) is 6.21. The Morgan fingerprint density at radius 1 is 1.04 bits per heavy atom. The van der Waals surface area contributed by atoms with Gasteiger partial charge in [0.1, 0.15) is 11.6 Å². The van der Waals surface area contributed by atoms with E-state index in [2.05, 4.69) is 26.8 Å². The Morgan fingerprint density at radius 3 is 2.38 bits per heavy atom. The Labute approximate surface area is 146 Å². The van der Waals surface area contributed by atoms with Gasteiger partial charge in [-0.1, -0.05) is 28.1 Å². The summed E-state index contributed by atoms with van der Waals surface area (Å²) in [5.41, 5.74) is 5.11. The van der Waals surface area contributed by atoms with E-state index in [1.165, 1.54) is 36.4 Å². The van der Waals surface area contributed by atoms with Crippen molar-refractivity contribution in [2.45, 2.75) is 0 Å². The van der Waals surface area contributed by atoms with Crippen LogP contribution in [-0.2, 0) is 9.59 Å². The van der Waals surface area contributed by atoms with Crippen LogP contribution < -0.4 is 15.6 Å². The van der Waals surface area contributed by atoms with Crippen LogP contribution in [0.1, 0.15) is 5.56 Å². The standard InChI is InChI=1S/C17H14BrFN2O3/c18-13-4-8-15(9-5-13)24-11-17(23)21-20-16(22)10-3-12-1-6-14(19)7-2-12/h1-10H,11H2,(H,20,22)(H,21,23). The van der Waals surface area contributed by atoms with E-state index in [9.17, 15) is 14.0 Å². The Balaban J connectivity index is 1.71. The summed E-state index contributed by atoms with van der Waals surface area (Å²) < 4.78 is 18.9. The van der Waals surface area contributed by atoms with Crippen LogP contribution in [0.3, 0.4) is 0 Å². The lowest BCUT2D eigenvalue weighted by molar-refractivity contribution is -0.128. The van der Waals surface area contributed by atoms with Crippen molar-refractivity contribution in [1.82, 2.24) is 10.9 Å². The molecule has 0 unspecified atom stereocenters. The van der Waals surface area contributed by atoms with E-state index in [0.29, 0.717) is 11.3 Å². The highest BCUT2D eigenvalue weighted by Gasteiger charge is 2.03. The molecule has 0 atom stereocenters. The Morgan fingerprint density at radius 2 is 1.71 bits per heavy atom. The zero-order valence-corrected chi connectivity index (χ0v) is 14.0. The number of rotatable bonds is 5. The summed E-state index contributed by atoms with van der Waals surface area (Å²) in [7, 11) is 0. The van der Waals surface area contributed by atoms with Crippen molar-refractivity contribution >= 4 is 33.8 Å². The van der Waals surface area contributed by atoms with E-state index in [1.807, 2.05) is 0 Å². The summed E-state index contributed by atoms with van der Waals surface area (Å²) in [5.74, 6) is -0.830. The maximum Gasteiger partial charge on any atom is 0.276 e. The Kier molecular flexibility index (Phi) is 6.51. The highest BCUT2D eigenvalue weighted by molar-refractivity contribution is 9.10. The molecule has 0 aromatic heterocycles. The molecule has 0 heterocycles. The van der Waals surface area contributed by atoms with Gasteiger partial charge in [-0.2, -0.15) is 0 Å². The molecule has 5 nitrogen and oxygen atoms in total. The number of halogens is 2. The molecule has 2 N–H and O–H groups in total. The lowest BCUT2D eigenvalue weighted by Crippen LogP contribution is -2.43. The molecule has 2 aromatic rings. The molecule has 124 valence electrons. The van der Waals surface area contributed by atoms with Crippen LogP contribution in [0.15, 0.2) is 59.1 Å². The maximum absolute atomic E-state index is 12.7. The molecule has 0 saturated heterocycles. The van der Waals surface area contributed by atoms with Gasteiger partial charge in [0.25, 0.3) is 11.8 Å². The molecule has 0 radical (unpaired) electrons. The van der Waals surface area contributed by atoms with E-state index < -0.39 is 11.8 Å². The van der Waals surface area contributed by atoms with Crippen molar-refractivity contribution in [1.29, 1.82) is 0 Å². The quantitative estimate of drug-likeness (QED) is 0.607. The number of hydrogen-bond donors (Lipinski definition) is 2. The fourth-order valence-electron chi connectivity index (χ4n) is 1.63. The first-order chi connectivity index (χ1) is 11.5. The summed E-state index contributed by atoms with van der Waals surface area (Å²) >= 11 is 3.29. The molecule has 2 aromatic carbocycles. The van der Waals surface area contributed by atoms with Crippen molar-refractivity contribution in [3.8, 4) is 5.75 Å². The summed E-state index contributed by atoms with van der Waals surface area (Å²) in [6.45, 7) is -0.233. The van der Waals surface area contributed by atoms with E-state index in [1.54, 1.807) is 24.3 Å². The molecule has 0 saturated carbocycles. The summed E-state index contributed by atoms with van der Waals surface area (Å²) in [6, 6.07) is 12.6. The zero-order chi connectivity index (χ0) is 17.4. The van der Waals surface area contributed by atoms with Gasteiger partial charge in [0.15, 0.2) is 6.61 Å². The lowest BCUT2D eigenvalue weighted by Gasteiger charge is -2.07. The Bertz CT molecular complexity index is 731. The first kappa shape index (κ1) is 17.7. The molecule has 2 amide bonds. The smallest absolute Gasteiger partial charge is 0.276 e. The third-order valence-electron chi connectivity index (χ3n) is 2.81. The van der Waals surface area contributed by atoms with Crippen LogP contribution in [0.4, 0.5) is 4.39 Å². The van der Waals surface area contributed by atoms with E-state index >= 15 is 0 Å². The van der Waals surface area contributed by atoms with E-state index in [0.717, 1.165) is 4.47 Å². The number of carbonyl (C=O) groups excluding carboxylic acids is 2. The van der Waals surface area contributed by atoms with Gasteiger partial charge in [0, 0.05) is 10.5 Å². The van der Waals surface area contributed by atoms with Crippen molar-refractivity contribution < 1.29 is 18.7 Å². The minimum absolute atomic E-state index is 0.233. The third-order valence-corrected chi connectivity index (χ3v) is 3.33. The molecular formula is C17H14BrFN2O3. The number of amides is 2. The fourth-order valence-corrected chi connectivity index (χ4v) is 1.90. The predicted octanol–water partition coefficient (Wildman–Crippen LogP) is 2.83. The monoisotopic (exact) mass is 392 g/mol. The van der Waals surface area contributed by atoms with Gasteiger partial charge in [-0.3, -0.25) is 20.4 Å². The predicted molar refractivity (Wildman–Crippen MR) is 91.4 cm³/mol. The summed E-state index contributed by atoms with van der Waals surface area (Å²) in [5, 5.41) is 0. The van der Waals surface area contributed by atoms with Gasteiger partial charge in [-0.25, -0.2) is 4.39 Å². The van der Waals surface area contributed by atoms with Gasteiger partial charge >= 0.3 is 0 Å². The molecule has 0 aliphatic rings. The number of ether oxygens (including phenoxy) is 1. The highest BCUT2D eigenvalue weighted by Crippen LogP contribution is 2.15. The molecular weight excluding hydrogens is 379 g/mol. The first-order valence-electron chi connectivity index (χ1n) is 6.94. The SMILES string of the molecule is O=C(C=Cc1ccc(F)cc1)NNC(=O)COc1ccc(Br)cc1. The topological polar surface area (TPSA) is 67.4 Å². The second-order valence-electron chi connectivity index (χ2n) is 4.66. The Hall–Kier alpha value is -2.67. The van der Waals surface area contributed by atoms with Crippen LogP contribution in [0.2, 0.25) is 0 Å². The van der Waals surface area contributed by atoms with Gasteiger partial charge < -0.3 is 4.74 Å². The fraction of sp³-hybridized carbons (Fsp3) is 0.0588. The van der Waals surface area contributed by atoms with Gasteiger partial charge in [0.2, 0.25) is 0 Å². The van der Waals surface area contributed by atoms with Crippen molar-refractivity contribution in [2.75, 3.05) is 6.61 Å². The average Bonchev–Trinajstić information content (AvgIpc) is 2.59. The number of carbonyl (C=O) groups is 2. The molecule has 24 heavy (non-hydrogen) atoms. The first-order valence-corrected chi connectivity index (χ1v) is 7.73. The van der Waals surface area contributed by atoms with Crippen LogP contribution >= 0.6 is 15.9 Å². The van der Waals surface area contributed by atoms with Crippen molar-refractivity contribution in [3.05, 3.63) is 70.5 Å². The molecule has 7 heteroatoms. The molecule has 0 bridgehead atoms. The van der Waals surface area contributed by atoms with Crippen molar-refractivity contribution in [2.24, 2.45) is 0 Å². The van der Waals surface area contributed by atoms with Crippen LogP contribution in [0.25, 0.3) is 6.08 Å². The van der Waals surface area contributed by atoms with Crippen LogP contribution in [0, 0.1) is 5.82 Å². The van der Waals surface area contributed by atoms with Gasteiger partial charge in [-0.05, 0) is 48.0 Å². The highest BCUT2D eigenvalue weighted by atomic mass is 79.9. The molecule has 0 spiro atoms. The van der Waals surface area contributed by atoms with Gasteiger partial charge in [0.05, 0.1) is 0 Å². The number of benzene rings is 2. The van der Waals surface area contributed by atoms with Gasteiger partial charge in [-0.15, -0.1) is 0 Å². The number of hydrogen-bond acceptors (Lipinski definition) is 3. The second-order valence-corrected chi connectivity index (χ2v) is 5.58. The minimum atomic E-state index is -0.517. The van der Waals surface area contributed by atoms with Crippen LogP contribution in [0.5, 0.6) is 5.75 Å². The largest absolute Gasteiger partial charge is 0.484 e. The zero-order valence-electron chi connectivity index (χ0n) is 12.5. The molecule has 0 aliphatic heterocycles. The maximum atomic E-state index is 12.7. The minimum Gasteiger partial charge on any atom is -0.484 e. The molecule has 2 rings (SSSR count). The van der Waals surface area contributed by atoms with Crippen LogP contribution in [-0.4, -0.2) is 18.4 Å². The molecule has 0 aliphatic carbocycles. The number of hydrazine groups is 1. The lowest BCUT2D eigenvalue weighted by atomic mass is 10.2. The average molecular weight is 393 g/mol. The van der Waals surface area contributed by atoms with E-state index in [4.69, 9.17) is 4.74 Å².